The topological polar surface area (TPSA) is 58.6 Å². The summed E-state index contributed by atoms with van der Waals surface area (Å²) in [6.45, 7) is 6.37. The maximum atomic E-state index is 12.7. The van der Waals surface area contributed by atoms with Gasteiger partial charge < -0.3 is 4.74 Å². The Morgan fingerprint density at radius 2 is 1.90 bits per heavy atom. The van der Waals surface area contributed by atoms with Crippen molar-refractivity contribution in [3.8, 4) is 5.75 Å². The second-order valence-electron chi connectivity index (χ2n) is 6.61. The van der Waals surface area contributed by atoms with Crippen LogP contribution in [0.5, 0.6) is 5.75 Å². The molecule has 1 N–H and O–H groups in total. The first-order chi connectivity index (χ1) is 14.3. The largest absolute Gasteiger partial charge is 0.487 e. The van der Waals surface area contributed by atoms with Crippen LogP contribution in [0.2, 0.25) is 0 Å². The molecule has 0 radical (unpaired) electrons. The van der Waals surface area contributed by atoms with Gasteiger partial charge in [-0.25, -0.2) is 0 Å². The van der Waals surface area contributed by atoms with Crippen molar-refractivity contribution in [1.82, 2.24) is 10.2 Å². The number of halogens is 2. The predicted octanol–water partition coefficient (Wildman–Crippen LogP) is 4.60. The van der Waals surface area contributed by atoms with E-state index in [0.717, 1.165) is 24.0 Å². The Labute approximate surface area is 207 Å². The Bertz CT molecular complexity index is 1060. The van der Waals surface area contributed by atoms with Crippen molar-refractivity contribution in [2.24, 2.45) is 0 Å². The molecule has 8 heteroatoms. The molecule has 0 bridgehead atoms. The number of amides is 2. The predicted molar refractivity (Wildman–Crippen MR) is 138 cm³/mol. The standard InChI is InChI=1S/C22H18I2N2O3S/c1-3-7-26-21(28)16(20(27)25-22(26)30)9-15-10-17(23)19(18(24)11-15)29-12-14-6-4-5-13(2)8-14/h3-6,8-11H,1,7,12H2,2H3,(H,25,27,30)/b16-9+. The van der Waals surface area contributed by atoms with Crippen LogP contribution < -0.4 is 10.1 Å². The number of rotatable bonds is 6. The number of hydrogen-bond acceptors (Lipinski definition) is 4. The van der Waals surface area contributed by atoms with E-state index in [1.54, 1.807) is 12.2 Å². The van der Waals surface area contributed by atoms with Gasteiger partial charge in [-0.05, 0) is 93.7 Å². The van der Waals surface area contributed by atoms with E-state index in [4.69, 9.17) is 17.0 Å². The summed E-state index contributed by atoms with van der Waals surface area (Å²) in [6.07, 6.45) is 3.13. The molecule has 0 aliphatic carbocycles. The number of ether oxygens (including phenoxy) is 1. The van der Waals surface area contributed by atoms with E-state index >= 15 is 0 Å². The van der Waals surface area contributed by atoms with Crippen molar-refractivity contribution in [2.75, 3.05) is 6.54 Å². The monoisotopic (exact) mass is 644 g/mol. The Kier molecular flexibility index (Phi) is 7.64. The summed E-state index contributed by atoms with van der Waals surface area (Å²) >= 11 is 9.47. The van der Waals surface area contributed by atoms with Crippen molar-refractivity contribution in [2.45, 2.75) is 13.5 Å². The van der Waals surface area contributed by atoms with Gasteiger partial charge in [0, 0.05) is 6.54 Å². The summed E-state index contributed by atoms with van der Waals surface area (Å²) in [7, 11) is 0. The fraction of sp³-hybridized carbons (Fsp3) is 0.136. The Balaban J connectivity index is 1.85. The third kappa shape index (κ3) is 5.27. The highest BCUT2D eigenvalue weighted by atomic mass is 127. The van der Waals surface area contributed by atoms with Crippen LogP contribution in [-0.4, -0.2) is 28.4 Å². The molecular formula is C22H18I2N2O3S. The smallest absolute Gasteiger partial charge is 0.265 e. The molecule has 1 heterocycles. The van der Waals surface area contributed by atoms with E-state index in [9.17, 15) is 9.59 Å². The maximum Gasteiger partial charge on any atom is 0.265 e. The Morgan fingerprint density at radius 1 is 1.20 bits per heavy atom. The van der Waals surface area contributed by atoms with Gasteiger partial charge in [0.15, 0.2) is 5.11 Å². The molecule has 0 saturated carbocycles. The summed E-state index contributed by atoms with van der Waals surface area (Å²) in [5, 5.41) is 2.64. The highest BCUT2D eigenvalue weighted by molar-refractivity contribution is 14.1. The molecule has 5 nitrogen and oxygen atoms in total. The van der Waals surface area contributed by atoms with Gasteiger partial charge in [0.05, 0.1) is 7.14 Å². The van der Waals surface area contributed by atoms with Crippen molar-refractivity contribution < 1.29 is 14.3 Å². The van der Waals surface area contributed by atoms with Crippen LogP contribution in [-0.2, 0) is 16.2 Å². The lowest BCUT2D eigenvalue weighted by Crippen LogP contribution is -2.53. The molecule has 1 fully saturated rings. The number of benzene rings is 2. The number of nitrogens with zero attached hydrogens (tertiary/aromatic N) is 1. The van der Waals surface area contributed by atoms with Gasteiger partial charge in [-0.15, -0.1) is 6.58 Å². The van der Waals surface area contributed by atoms with Gasteiger partial charge in [-0.3, -0.25) is 19.8 Å². The third-order valence-electron chi connectivity index (χ3n) is 4.29. The van der Waals surface area contributed by atoms with Crippen molar-refractivity contribution in [3.63, 3.8) is 0 Å². The van der Waals surface area contributed by atoms with E-state index in [1.807, 2.05) is 37.3 Å². The molecule has 1 aliphatic heterocycles. The van der Waals surface area contributed by atoms with E-state index in [2.05, 4.69) is 63.1 Å². The van der Waals surface area contributed by atoms with E-state index in [0.29, 0.717) is 6.61 Å². The zero-order valence-electron chi connectivity index (χ0n) is 16.1. The molecule has 30 heavy (non-hydrogen) atoms. The first kappa shape index (κ1) is 22.9. The summed E-state index contributed by atoms with van der Waals surface area (Å²) in [5.74, 6) is -0.169. The number of aryl methyl sites for hydroxylation is 1. The van der Waals surface area contributed by atoms with Crippen LogP contribution in [0.15, 0.2) is 54.6 Å². The van der Waals surface area contributed by atoms with Crippen molar-refractivity contribution in [3.05, 3.63) is 78.5 Å². The number of thiocarbonyl (C=S) groups is 1. The molecule has 1 saturated heterocycles. The van der Waals surface area contributed by atoms with Crippen molar-refractivity contribution >= 4 is 80.4 Å². The summed E-state index contributed by atoms with van der Waals surface area (Å²) in [5.41, 5.74) is 3.04. The van der Waals surface area contributed by atoms with Crippen LogP contribution in [0.4, 0.5) is 0 Å². The quantitative estimate of drug-likeness (QED) is 0.165. The molecule has 154 valence electrons. The highest BCUT2D eigenvalue weighted by Crippen LogP contribution is 2.31. The van der Waals surface area contributed by atoms with Crippen LogP contribution >= 0.6 is 57.4 Å². The Hall–Kier alpha value is -1.79. The second kappa shape index (κ2) is 10.0. The van der Waals surface area contributed by atoms with Crippen LogP contribution in [0.25, 0.3) is 6.08 Å². The van der Waals surface area contributed by atoms with Crippen LogP contribution in [0, 0.1) is 14.1 Å². The first-order valence-electron chi connectivity index (χ1n) is 8.97. The molecule has 0 aromatic heterocycles. The number of nitrogens with one attached hydrogen (secondary N) is 1. The normalized spacial score (nSPS) is 15.4. The van der Waals surface area contributed by atoms with Gasteiger partial charge in [-0.1, -0.05) is 35.9 Å². The fourth-order valence-corrected chi connectivity index (χ4v) is 5.29. The molecule has 3 rings (SSSR count). The molecule has 2 amide bonds. The first-order valence-corrected chi connectivity index (χ1v) is 11.5. The van der Waals surface area contributed by atoms with Gasteiger partial charge in [-0.2, -0.15) is 0 Å². The number of hydrogen-bond donors (Lipinski definition) is 1. The minimum atomic E-state index is -0.505. The molecule has 0 unspecified atom stereocenters. The SMILES string of the molecule is C=CCN1C(=O)/C(=C/c2cc(I)c(OCc3cccc(C)c3)c(I)c2)C(=O)NC1=S. The van der Waals surface area contributed by atoms with Gasteiger partial charge in [0.1, 0.15) is 17.9 Å². The van der Waals surface area contributed by atoms with E-state index < -0.39 is 11.8 Å². The molecular weight excluding hydrogens is 626 g/mol. The highest BCUT2D eigenvalue weighted by Gasteiger charge is 2.32. The number of carbonyl (C=O) groups is 2. The zero-order valence-corrected chi connectivity index (χ0v) is 21.2. The minimum absolute atomic E-state index is 0.0329. The number of carbonyl (C=O) groups excluding carboxylic acids is 2. The lowest BCUT2D eigenvalue weighted by molar-refractivity contribution is -0.128. The van der Waals surface area contributed by atoms with Crippen molar-refractivity contribution in [1.29, 1.82) is 0 Å². The van der Waals surface area contributed by atoms with Gasteiger partial charge in [0.25, 0.3) is 11.8 Å². The average molecular weight is 644 g/mol. The van der Waals surface area contributed by atoms with Gasteiger partial charge >= 0.3 is 0 Å². The fourth-order valence-electron chi connectivity index (χ4n) is 2.91. The van der Waals surface area contributed by atoms with Gasteiger partial charge in [0.2, 0.25) is 0 Å². The van der Waals surface area contributed by atoms with E-state index in [-0.39, 0.29) is 17.2 Å². The molecule has 2 aromatic rings. The minimum Gasteiger partial charge on any atom is -0.487 e. The average Bonchev–Trinajstić information content (AvgIpc) is 2.68. The summed E-state index contributed by atoms with van der Waals surface area (Å²) < 4.78 is 7.82. The molecule has 0 atom stereocenters. The molecule has 1 aliphatic rings. The van der Waals surface area contributed by atoms with Crippen LogP contribution in [0.1, 0.15) is 16.7 Å². The maximum absolute atomic E-state index is 12.7. The lowest BCUT2D eigenvalue weighted by Gasteiger charge is -2.27. The molecule has 2 aromatic carbocycles. The zero-order chi connectivity index (χ0) is 21.8. The summed E-state index contributed by atoms with van der Waals surface area (Å²) in [4.78, 5) is 26.3. The molecule has 0 spiro atoms. The summed E-state index contributed by atoms with van der Waals surface area (Å²) in [6, 6.07) is 11.9. The Morgan fingerprint density at radius 3 is 2.53 bits per heavy atom. The van der Waals surface area contributed by atoms with Crippen LogP contribution in [0.3, 0.4) is 0 Å². The lowest BCUT2D eigenvalue weighted by atomic mass is 10.1. The van der Waals surface area contributed by atoms with E-state index in [1.165, 1.54) is 10.5 Å². The third-order valence-corrected chi connectivity index (χ3v) is 6.22. The second-order valence-corrected chi connectivity index (χ2v) is 9.32.